The Balaban J connectivity index is 1.46. The van der Waals surface area contributed by atoms with E-state index in [1.54, 1.807) is 12.1 Å². The van der Waals surface area contributed by atoms with Gasteiger partial charge in [-0.3, -0.25) is 9.59 Å². The normalized spacial score (nSPS) is 16.1. The first kappa shape index (κ1) is 19.8. The Morgan fingerprint density at radius 3 is 2.50 bits per heavy atom. The van der Waals surface area contributed by atoms with Gasteiger partial charge in [-0.25, -0.2) is 8.78 Å². The third-order valence-corrected chi connectivity index (χ3v) is 4.93. The molecule has 148 valence electrons. The Bertz CT molecular complexity index is 855. The van der Waals surface area contributed by atoms with Crippen LogP contribution in [0.2, 0.25) is 0 Å². The molecule has 1 unspecified atom stereocenters. The second-order valence-corrected chi connectivity index (χ2v) is 6.91. The zero-order valence-corrected chi connectivity index (χ0v) is 15.7. The van der Waals surface area contributed by atoms with Crippen molar-refractivity contribution in [3.05, 3.63) is 59.7 Å². The van der Waals surface area contributed by atoms with Crippen LogP contribution in [0.5, 0.6) is 0 Å². The van der Waals surface area contributed by atoms with Crippen LogP contribution in [-0.4, -0.2) is 31.4 Å². The average Bonchev–Trinajstić information content (AvgIpc) is 3.17. The van der Waals surface area contributed by atoms with E-state index in [0.717, 1.165) is 24.5 Å². The van der Waals surface area contributed by atoms with Crippen molar-refractivity contribution in [1.82, 2.24) is 5.32 Å². The molecule has 5 nitrogen and oxygen atoms in total. The number of aryl methyl sites for hydroxylation is 1. The summed E-state index contributed by atoms with van der Waals surface area (Å²) in [5, 5.41) is 5.22. The van der Waals surface area contributed by atoms with Crippen molar-refractivity contribution >= 4 is 23.2 Å². The van der Waals surface area contributed by atoms with Crippen molar-refractivity contribution in [2.24, 2.45) is 5.92 Å². The van der Waals surface area contributed by atoms with Crippen molar-refractivity contribution in [1.29, 1.82) is 0 Å². The molecule has 1 saturated heterocycles. The molecule has 2 aromatic rings. The fourth-order valence-corrected chi connectivity index (χ4v) is 3.24. The molecule has 1 fully saturated rings. The minimum atomic E-state index is -0.877. The second-order valence-electron chi connectivity index (χ2n) is 6.91. The van der Waals surface area contributed by atoms with Crippen LogP contribution in [0.1, 0.15) is 18.9 Å². The first-order valence-corrected chi connectivity index (χ1v) is 9.34. The van der Waals surface area contributed by atoms with E-state index in [9.17, 15) is 18.4 Å². The third kappa shape index (κ3) is 4.85. The van der Waals surface area contributed by atoms with Crippen LogP contribution in [0.4, 0.5) is 20.2 Å². The molecule has 0 aliphatic carbocycles. The van der Waals surface area contributed by atoms with Crippen molar-refractivity contribution in [3.8, 4) is 0 Å². The predicted octanol–water partition coefficient (Wildman–Crippen LogP) is 3.11. The largest absolute Gasteiger partial charge is 0.371 e. The van der Waals surface area contributed by atoms with Gasteiger partial charge in [0.05, 0.1) is 0 Å². The Labute approximate surface area is 162 Å². The number of anilines is 2. The van der Waals surface area contributed by atoms with E-state index in [1.165, 1.54) is 12.1 Å². The number of hydrogen-bond donors (Lipinski definition) is 2. The highest BCUT2D eigenvalue weighted by molar-refractivity contribution is 6.39. The Hall–Kier alpha value is -2.96. The maximum Gasteiger partial charge on any atom is 0.313 e. The molecule has 0 spiro atoms. The van der Waals surface area contributed by atoms with E-state index in [0.29, 0.717) is 31.0 Å². The maximum atomic E-state index is 13.4. The molecule has 2 amide bonds. The Morgan fingerprint density at radius 1 is 1.07 bits per heavy atom. The Kier molecular flexibility index (Phi) is 6.23. The van der Waals surface area contributed by atoms with Gasteiger partial charge in [-0.05, 0) is 48.6 Å². The van der Waals surface area contributed by atoms with Gasteiger partial charge in [0, 0.05) is 37.1 Å². The van der Waals surface area contributed by atoms with E-state index in [-0.39, 0.29) is 5.92 Å². The summed E-state index contributed by atoms with van der Waals surface area (Å²) in [4.78, 5) is 26.0. The Morgan fingerprint density at radius 2 is 1.82 bits per heavy atom. The summed E-state index contributed by atoms with van der Waals surface area (Å²) in [7, 11) is 0. The van der Waals surface area contributed by atoms with Crippen LogP contribution in [0.15, 0.2) is 42.5 Å². The van der Waals surface area contributed by atoms with Crippen LogP contribution in [-0.2, 0) is 16.0 Å². The average molecular weight is 387 g/mol. The highest BCUT2D eigenvalue weighted by Gasteiger charge is 2.25. The van der Waals surface area contributed by atoms with E-state index in [4.69, 9.17) is 0 Å². The highest BCUT2D eigenvalue weighted by atomic mass is 19.2. The quantitative estimate of drug-likeness (QED) is 0.775. The fourth-order valence-electron chi connectivity index (χ4n) is 3.24. The van der Waals surface area contributed by atoms with Gasteiger partial charge in [-0.1, -0.05) is 19.1 Å². The lowest BCUT2D eigenvalue weighted by Crippen LogP contribution is -2.38. The standard InChI is InChI=1S/C21H23F2N3O2/c1-2-14-3-5-16(6-4-14)25-21(28)20(27)24-12-15-9-10-26(13-15)17-7-8-18(22)19(23)11-17/h3-8,11,15H,2,9-10,12-13H2,1H3,(H,24,27)(H,25,28). The molecule has 0 aromatic heterocycles. The van der Waals surface area contributed by atoms with Gasteiger partial charge in [-0.2, -0.15) is 0 Å². The number of nitrogens with one attached hydrogen (secondary N) is 2. The maximum absolute atomic E-state index is 13.4. The van der Waals surface area contributed by atoms with Crippen LogP contribution in [0.3, 0.4) is 0 Å². The lowest BCUT2D eigenvalue weighted by molar-refractivity contribution is -0.136. The van der Waals surface area contributed by atoms with Crippen molar-refractivity contribution in [2.75, 3.05) is 29.9 Å². The van der Waals surface area contributed by atoms with Crippen molar-refractivity contribution in [2.45, 2.75) is 19.8 Å². The molecule has 28 heavy (non-hydrogen) atoms. The molecule has 7 heteroatoms. The SMILES string of the molecule is CCc1ccc(NC(=O)C(=O)NCC2CCN(c3ccc(F)c(F)c3)C2)cc1. The van der Waals surface area contributed by atoms with Gasteiger partial charge >= 0.3 is 11.8 Å². The fraction of sp³-hybridized carbons (Fsp3) is 0.333. The zero-order chi connectivity index (χ0) is 20.1. The van der Waals surface area contributed by atoms with Crippen molar-refractivity contribution < 1.29 is 18.4 Å². The number of amides is 2. The van der Waals surface area contributed by atoms with E-state index in [2.05, 4.69) is 10.6 Å². The summed E-state index contributed by atoms with van der Waals surface area (Å²) in [6.45, 7) is 3.67. The number of halogens is 2. The predicted molar refractivity (Wildman–Crippen MR) is 104 cm³/mol. The number of rotatable bonds is 5. The summed E-state index contributed by atoms with van der Waals surface area (Å²) in [6, 6.07) is 11.2. The third-order valence-electron chi connectivity index (χ3n) is 4.93. The number of carbonyl (C=O) groups is 2. The summed E-state index contributed by atoms with van der Waals surface area (Å²) < 4.78 is 26.5. The number of carbonyl (C=O) groups excluding carboxylic acids is 2. The van der Waals surface area contributed by atoms with Crippen LogP contribution in [0, 0.1) is 17.6 Å². The van der Waals surface area contributed by atoms with Crippen molar-refractivity contribution in [3.63, 3.8) is 0 Å². The van der Waals surface area contributed by atoms with Gasteiger partial charge in [0.1, 0.15) is 0 Å². The summed E-state index contributed by atoms with van der Waals surface area (Å²) in [6.07, 6.45) is 1.69. The molecule has 1 aliphatic rings. The molecular formula is C21H23F2N3O2. The van der Waals surface area contributed by atoms with Gasteiger partial charge in [0.15, 0.2) is 11.6 Å². The number of nitrogens with zero attached hydrogens (tertiary/aromatic N) is 1. The van der Waals surface area contributed by atoms with E-state index in [1.807, 2.05) is 24.0 Å². The first-order chi connectivity index (χ1) is 13.5. The lowest BCUT2D eigenvalue weighted by Gasteiger charge is -2.19. The molecule has 2 N–H and O–H groups in total. The zero-order valence-electron chi connectivity index (χ0n) is 15.7. The molecule has 1 aliphatic heterocycles. The molecule has 0 saturated carbocycles. The number of hydrogen-bond acceptors (Lipinski definition) is 3. The van der Waals surface area contributed by atoms with Crippen LogP contribution in [0.25, 0.3) is 0 Å². The van der Waals surface area contributed by atoms with Crippen LogP contribution < -0.4 is 15.5 Å². The van der Waals surface area contributed by atoms with Gasteiger partial charge in [0.25, 0.3) is 0 Å². The van der Waals surface area contributed by atoms with E-state index >= 15 is 0 Å². The minimum absolute atomic E-state index is 0.133. The van der Waals surface area contributed by atoms with E-state index < -0.39 is 23.4 Å². The summed E-state index contributed by atoms with van der Waals surface area (Å²) in [5.74, 6) is -3.01. The smallest absolute Gasteiger partial charge is 0.313 e. The molecule has 2 aromatic carbocycles. The summed E-state index contributed by atoms with van der Waals surface area (Å²) >= 11 is 0. The highest BCUT2D eigenvalue weighted by Crippen LogP contribution is 2.25. The number of benzene rings is 2. The van der Waals surface area contributed by atoms with Gasteiger partial charge in [-0.15, -0.1) is 0 Å². The summed E-state index contributed by atoms with van der Waals surface area (Å²) in [5.41, 5.74) is 2.33. The minimum Gasteiger partial charge on any atom is -0.371 e. The second kappa shape index (κ2) is 8.82. The van der Waals surface area contributed by atoms with Crippen LogP contribution >= 0.6 is 0 Å². The molecule has 0 radical (unpaired) electrons. The lowest BCUT2D eigenvalue weighted by atomic mass is 10.1. The topological polar surface area (TPSA) is 61.4 Å². The monoisotopic (exact) mass is 387 g/mol. The van der Waals surface area contributed by atoms with Gasteiger partial charge in [0.2, 0.25) is 0 Å². The van der Waals surface area contributed by atoms with Gasteiger partial charge < -0.3 is 15.5 Å². The molecular weight excluding hydrogens is 364 g/mol. The molecule has 3 rings (SSSR count). The molecule has 1 heterocycles. The first-order valence-electron chi connectivity index (χ1n) is 9.34. The molecule has 0 bridgehead atoms. The molecule has 1 atom stereocenters.